The summed E-state index contributed by atoms with van der Waals surface area (Å²) >= 11 is 0. The number of rotatable bonds is 9. The van der Waals surface area contributed by atoms with Crippen molar-refractivity contribution in [3.8, 4) is 5.75 Å². The van der Waals surface area contributed by atoms with E-state index in [0.717, 1.165) is 37.8 Å². The van der Waals surface area contributed by atoms with Crippen molar-refractivity contribution in [2.45, 2.75) is 19.8 Å². The van der Waals surface area contributed by atoms with Gasteiger partial charge in [-0.25, -0.2) is 0 Å². The van der Waals surface area contributed by atoms with Crippen LogP contribution in [-0.2, 0) is 11.2 Å². The summed E-state index contributed by atoms with van der Waals surface area (Å²) < 4.78 is 5.73. The second-order valence-corrected chi connectivity index (χ2v) is 7.69. The summed E-state index contributed by atoms with van der Waals surface area (Å²) in [7, 11) is 1.75. The highest BCUT2D eigenvalue weighted by Crippen LogP contribution is 2.17. The molecule has 0 spiro atoms. The molecule has 0 saturated carbocycles. The number of carbonyl (C=O) groups is 1. The van der Waals surface area contributed by atoms with E-state index in [2.05, 4.69) is 34.7 Å². The molecule has 1 atom stereocenters. The van der Waals surface area contributed by atoms with Crippen molar-refractivity contribution in [1.82, 2.24) is 15.5 Å². The number of amides is 1. The molecular weight excluding hydrogens is 376 g/mol. The van der Waals surface area contributed by atoms with Crippen molar-refractivity contribution in [2.24, 2.45) is 10.9 Å². The molecule has 1 saturated heterocycles. The van der Waals surface area contributed by atoms with Gasteiger partial charge >= 0.3 is 0 Å². The molecule has 2 aromatic carbocycles. The van der Waals surface area contributed by atoms with E-state index in [1.165, 1.54) is 11.1 Å². The number of nitrogens with zero attached hydrogens (tertiary/aromatic N) is 2. The van der Waals surface area contributed by atoms with Crippen LogP contribution in [0, 0.1) is 12.8 Å². The van der Waals surface area contributed by atoms with Crippen LogP contribution in [0.4, 0.5) is 0 Å². The molecule has 1 heterocycles. The molecule has 3 rings (SSSR count). The predicted octanol–water partition coefficient (Wildman–Crippen LogP) is 2.63. The molecule has 1 fully saturated rings. The Morgan fingerprint density at radius 2 is 1.90 bits per heavy atom. The van der Waals surface area contributed by atoms with Gasteiger partial charge in [0.1, 0.15) is 12.4 Å². The van der Waals surface area contributed by atoms with Gasteiger partial charge in [0.05, 0.1) is 6.54 Å². The smallest absolute Gasteiger partial charge is 0.223 e. The Morgan fingerprint density at radius 3 is 2.63 bits per heavy atom. The van der Waals surface area contributed by atoms with Gasteiger partial charge in [0, 0.05) is 39.0 Å². The highest BCUT2D eigenvalue weighted by Gasteiger charge is 2.29. The van der Waals surface area contributed by atoms with Gasteiger partial charge < -0.3 is 20.3 Å². The molecule has 1 aliphatic rings. The van der Waals surface area contributed by atoms with Gasteiger partial charge in [-0.3, -0.25) is 9.79 Å². The molecule has 6 nitrogen and oxygen atoms in total. The standard InChI is InChI=1S/C24H32N4O2/c1-19-8-10-22(11-9-19)30-15-13-26-24(25-2)27-17-21-16-23(29)28(18-21)14-12-20-6-4-3-5-7-20/h3-11,21H,12-18H2,1-2H3,(H2,25,26,27). The number of guanidine groups is 1. The van der Waals surface area contributed by atoms with Gasteiger partial charge in [0.15, 0.2) is 5.96 Å². The number of carbonyl (C=O) groups excluding carboxylic acids is 1. The van der Waals surface area contributed by atoms with Gasteiger partial charge in [0.2, 0.25) is 5.91 Å². The van der Waals surface area contributed by atoms with Gasteiger partial charge in [-0.15, -0.1) is 0 Å². The topological polar surface area (TPSA) is 66.0 Å². The molecule has 1 aliphatic heterocycles. The number of benzene rings is 2. The third-order valence-corrected chi connectivity index (χ3v) is 5.27. The fraction of sp³-hybridized carbons (Fsp3) is 0.417. The summed E-state index contributed by atoms with van der Waals surface area (Å²) in [6.07, 6.45) is 1.49. The van der Waals surface area contributed by atoms with E-state index in [1.54, 1.807) is 7.05 Å². The number of aliphatic imine (C=N–C) groups is 1. The molecule has 0 aliphatic carbocycles. The lowest BCUT2D eigenvalue weighted by atomic mass is 10.1. The van der Waals surface area contributed by atoms with Crippen LogP contribution in [0.5, 0.6) is 5.75 Å². The normalized spacial score (nSPS) is 16.6. The Bertz CT molecular complexity index is 821. The Labute approximate surface area is 179 Å². The average molecular weight is 409 g/mol. The molecule has 0 bridgehead atoms. The van der Waals surface area contributed by atoms with Crippen molar-refractivity contribution < 1.29 is 9.53 Å². The van der Waals surface area contributed by atoms with Crippen LogP contribution in [0.25, 0.3) is 0 Å². The first-order valence-electron chi connectivity index (χ1n) is 10.6. The summed E-state index contributed by atoms with van der Waals surface area (Å²) in [5.74, 6) is 2.14. The molecule has 160 valence electrons. The Kier molecular flexibility index (Phi) is 8.12. The summed E-state index contributed by atoms with van der Waals surface area (Å²) in [5, 5.41) is 6.60. The monoisotopic (exact) mass is 408 g/mol. The number of hydrogen-bond acceptors (Lipinski definition) is 3. The lowest BCUT2D eigenvalue weighted by Crippen LogP contribution is -2.41. The minimum Gasteiger partial charge on any atom is -0.492 e. The third kappa shape index (κ3) is 6.79. The molecule has 30 heavy (non-hydrogen) atoms. The van der Waals surface area contributed by atoms with Gasteiger partial charge in [-0.2, -0.15) is 0 Å². The summed E-state index contributed by atoms with van der Waals surface area (Å²) in [6, 6.07) is 18.3. The van der Waals surface area contributed by atoms with Crippen molar-refractivity contribution in [3.63, 3.8) is 0 Å². The molecule has 0 radical (unpaired) electrons. The molecule has 0 aromatic heterocycles. The first-order chi connectivity index (χ1) is 14.6. The Hall–Kier alpha value is -3.02. The van der Waals surface area contributed by atoms with E-state index in [4.69, 9.17) is 4.74 Å². The number of hydrogen-bond donors (Lipinski definition) is 2. The zero-order valence-electron chi connectivity index (χ0n) is 17.9. The fourth-order valence-corrected chi connectivity index (χ4v) is 3.55. The largest absolute Gasteiger partial charge is 0.492 e. The van der Waals surface area contributed by atoms with Crippen LogP contribution in [0.15, 0.2) is 59.6 Å². The maximum Gasteiger partial charge on any atom is 0.223 e. The molecule has 2 aromatic rings. The van der Waals surface area contributed by atoms with Gasteiger partial charge in [-0.05, 0) is 31.0 Å². The highest BCUT2D eigenvalue weighted by molar-refractivity contribution is 5.80. The molecule has 2 N–H and O–H groups in total. The minimum absolute atomic E-state index is 0.243. The average Bonchev–Trinajstić information content (AvgIpc) is 3.13. The van der Waals surface area contributed by atoms with Crippen molar-refractivity contribution in [3.05, 3.63) is 65.7 Å². The number of likely N-dealkylation sites (tertiary alicyclic amines) is 1. The number of aryl methyl sites for hydroxylation is 1. The van der Waals surface area contributed by atoms with Crippen LogP contribution in [0.2, 0.25) is 0 Å². The first kappa shape index (κ1) is 21.7. The Morgan fingerprint density at radius 1 is 1.13 bits per heavy atom. The number of ether oxygens (including phenoxy) is 1. The third-order valence-electron chi connectivity index (χ3n) is 5.27. The second kappa shape index (κ2) is 11.2. The van der Waals surface area contributed by atoms with Gasteiger partial charge in [-0.1, -0.05) is 48.0 Å². The second-order valence-electron chi connectivity index (χ2n) is 7.69. The van der Waals surface area contributed by atoms with Crippen LogP contribution < -0.4 is 15.4 Å². The van der Waals surface area contributed by atoms with E-state index in [0.29, 0.717) is 25.5 Å². The zero-order valence-corrected chi connectivity index (χ0v) is 17.9. The summed E-state index contributed by atoms with van der Waals surface area (Å²) in [4.78, 5) is 18.6. The first-order valence-corrected chi connectivity index (χ1v) is 10.6. The van der Waals surface area contributed by atoms with E-state index >= 15 is 0 Å². The van der Waals surface area contributed by atoms with Crippen molar-refractivity contribution in [2.75, 3.05) is 39.8 Å². The maximum absolute atomic E-state index is 12.3. The van der Waals surface area contributed by atoms with Crippen LogP contribution in [-0.4, -0.2) is 56.6 Å². The van der Waals surface area contributed by atoms with Crippen LogP contribution >= 0.6 is 0 Å². The van der Waals surface area contributed by atoms with E-state index in [-0.39, 0.29) is 5.91 Å². The number of nitrogens with one attached hydrogen (secondary N) is 2. The lowest BCUT2D eigenvalue weighted by Gasteiger charge is -2.18. The lowest BCUT2D eigenvalue weighted by molar-refractivity contribution is -0.127. The fourth-order valence-electron chi connectivity index (χ4n) is 3.55. The van der Waals surface area contributed by atoms with E-state index in [1.807, 2.05) is 47.4 Å². The van der Waals surface area contributed by atoms with Crippen LogP contribution in [0.1, 0.15) is 17.5 Å². The highest BCUT2D eigenvalue weighted by atomic mass is 16.5. The molecule has 6 heteroatoms. The zero-order chi connectivity index (χ0) is 21.2. The van der Waals surface area contributed by atoms with Crippen LogP contribution in [0.3, 0.4) is 0 Å². The predicted molar refractivity (Wildman–Crippen MR) is 121 cm³/mol. The molecule has 1 unspecified atom stereocenters. The Balaban J connectivity index is 1.33. The SMILES string of the molecule is CN=C(NCCOc1ccc(C)cc1)NCC1CC(=O)N(CCc2ccccc2)C1. The van der Waals surface area contributed by atoms with Crippen molar-refractivity contribution >= 4 is 11.9 Å². The van der Waals surface area contributed by atoms with E-state index < -0.39 is 0 Å². The summed E-state index contributed by atoms with van der Waals surface area (Å²) in [6.45, 7) is 5.57. The molecule has 1 amide bonds. The van der Waals surface area contributed by atoms with E-state index in [9.17, 15) is 4.79 Å². The molecular formula is C24H32N4O2. The quantitative estimate of drug-likeness (QED) is 0.380. The maximum atomic E-state index is 12.3. The van der Waals surface area contributed by atoms with Gasteiger partial charge in [0.25, 0.3) is 0 Å². The van der Waals surface area contributed by atoms with Crippen molar-refractivity contribution in [1.29, 1.82) is 0 Å². The summed E-state index contributed by atoms with van der Waals surface area (Å²) in [5.41, 5.74) is 2.48. The minimum atomic E-state index is 0.243.